The van der Waals surface area contributed by atoms with Gasteiger partial charge in [-0.1, -0.05) is 31.4 Å². The Bertz CT molecular complexity index is 1330. The number of benzene rings is 1. The Labute approximate surface area is 230 Å². The molecule has 1 amide bonds. The molecule has 8 nitrogen and oxygen atoms in total. The van der Waals surface area contributed by atoms with Crippen LogP contribution < -0.4 is 10.2 Å². The van der Waals surface area contributed by atoms with Crippen molar-refractivity contribution in [2.45, 2.75) is 50.5 Å². The maximum atomic E-state index is 13.0. The van der Waals surface area contributed by atoms with Crippen molar-refractivity contribution in [3.8, 4) is 23.0 Å². The predicted molar refractivity (Wildman–Crippen MR) is 149 cm³/mol. The first kappa shape index (κ1) is 27.0. The van der Waals surface area contributed by atoms with Gasteiger partial charge in [-0.25, -0.2) is 14.1 Å². The molecule has 0 radical (unpaired) electrons. The van der Waals surface area contributed by atoms with E-state index in [0.717, 1.165) is 79.9 Å². The Balaban J connectivity index is 0.000000186. The number of aromatic nitrogens is 3. The average Bonchev–Trinajstić information content (AvgIpc) is 3.58. The summed E-state index contributed by atoms with van der Waals surface area (Å²) in [5.74, 6) is 1.97. The third kappa shape index (κ3) is 6.90. The standard InChI is InChI=1S/C18H17FN4OS.C11H16N2O/c19-16-3-6-18(20-12-16)23-13-15(11-21-23)14-1-4-17(5-2-14)22-7-9-25(24)10-8-22;12-8-11(6-7-11)13-10(14)9-4-2-1-3-5-9/h1-6,11-13H,7-10H2;9H,1-7H2,(H,13,14). The van der Waals surface area contributed by atoms with Gasteiger partial charge in [-0.3, -0.25) is 9.00 Å². The van der Waals surface area contributed by atoms with Crippen molar-refractivity contribution in [2.75, 3.05) is 29.5 Å². The summed E-state index contributed by atoms with van der Waals surface area (Å²) < 4.78 is 26.1. The van der Waals surface area contributed by atoms with Crippen LogP contribution >= 0.6 is 0 Å². The first-order valence-electron chi connectivity index (χ1n) is 13.5. The van der Waals surface area contributed by atoms with Crippen LogP contribution in [-0.2, 0) is 15.6 Å². The van der Waals surface area contributed by atoms with Crippen LogP contribution in [-0.4, -0.2) is 55.0 Å². The molecule has 0 atom stereocenters. The fraction of sp³-hybridized carbons (Fsp3) is 0.448. The zero-order valence-electron chi connectivity index (χ0n) is 21.9. The minimum atomic E-state index is -0.668. The number of carbonyl (C=O) groups is 1. The molecule has 1 N–H and O–H groups in total. The molecule has 0 bridgehead atoms. The van der Waals surface area contributed by atoms with E-state index < -0.39 is 16.3 Å². The molecule has 1 aliphatic heterocycles. The molecule has 0 unspecified atom stereocenters. The first-order chi connectivity index (χ1) is 18.9. The first-order valence-corrected chi connectivity index (χ1v) is 15.0. The van der Waals surface area contributed by atoms with E-state index in [0.29, 0.717) is 5.82 Å². The largest absolute Gasteiger partial charge is 0.370 e. The van der Waals surface area contributed by atoms with E-state index in [-0.39, 0.29) is 17.6 Å². The van der Waals surface area contributed by atoms with Crippen LogP contribution in [0.3, 0.4) is 0 Å². The van der Waals surface area contributed by atoms with Crippen molar-refractivity contribution in [3.05, 3.63) is 60.8 Å². The summed E-state index contributed by atoms with van der Waals surface area (Å²) in [5.41, 5.74) is 2.69. The molecule has 6 rings (SSSR count). The van der Waals surface area contributed by atoms with Crippen molar-refractivity contribution >= 4 is 22.4 Å². The van der Waals surface area contributed by atoms with Gasteiger partial charge in [0.05, 0.1) is 18.5 Å². The molecule has 1 saturated heterocycles. The van der Waals surface area contributed by atoms with Crippen LogP contribution in [0.15, 0.2) is 55.0 Å². The Kier molecular flexibility index (Phi) is 8.36. The summed E-state index contributed by atoms with van der Waals surface area (Å²) in [5, 5.41) is 16.0. The zero-order chi connectivity index (χ0) is 27.2. The SMILES string of the molecule is N#CC1(NC(=O)C2CCCCC2)CC1.O=S1CCN(c2ccc(-c3cnn(-c4ccc(F)cn4)c3)cc2)CC1. The van der Waals surface area contributed by atoms with Crippen molar-refractivity contribution in [1.29, 1.82) is 5.26 Å². The zero-order valence-corrected chi connectivity index (χ0v) is 22.7. The number of rotatable bonds is 5. The highest BCUT2D eigenvalue weighted by molar-refractivity contribution is 7.85. The number of nitrogens with one attached hydrogen (secondary N) is 1. The van der Waals surface area contributed by atoms with Gasteiger partial charge in [0.25, 0.3) is 0 Å². The molecule has 3 aromatic rings. The summed E-state index contributed by atoms with van der Waals surface area (Å²) in [6, 6.07) is 13.4. The summed E-state index contributed by atoms with van der Waals surface area (Å²) in [6.45, 7) is 1.67. The Morgan fingerprint density at radius 1 is 1.03 bits per heavy atom. The molecular formula is C29H33FN6O2S. The highest BCUT2D eigenvalue weighted by Gasteiger charge is 2.45. The Morgan fingerprint density at radius 2 is 1.74 bits per heavy atom. The number of hydrogen-bond acceptors (Lipinski definition) is 6. The average molecular weight is 549 g/mol. The van der Waals surface area contributed by atoms with E-state index >= 15 is 0 Å². The Morgan fingerprint density at radius 3 is 2.36 bits per heavy atom. The number of hydrogen-bond donors (Lipinski definition) is 1. The molecule has 0 spiro atoms. The van der Waals surface area contributed by atoms with Gasteiger partial charge in [-0.15, -0.1) is 0 Å². The molecule has 39 heavy (non-hydrogen) atoms. The van der Waals surface area contributed by atoms with Crippen molar-refractivity contribution in [3.63, 3.8) is 0 Å². The van der Waals surface area contributed by atoms with E-state index in [1.807, 2.05) is 6.20 Å². The summed E-state index contributed by atoms with van der Waals surface area (Å²) in [7, 11) is -0.668. The van der Waals surface area contributed by atoms with Crippen LogP contribution in [0.5, 0.6) is 0 Å². The Hall–Kier alpha value is -3.58. The second-order valence-corrected chi connectivity index (χ2v) is 12.1. The number of halogens is 1. The van der Waals surface area contributed by atoms with Gasteiger partial charge in [-0.05, 0) is 55.5 Å². The summed E-state index contributed by atoms with van der Waals surface area (Å²) in [4.78, 5) is 18.0. The molecule has 204 valence electrons. The molecule has 3 heterocycles. The quantitative estimate of drug-likeness (QED) is 0.508. The summed E-state index contributed by atoms with van der Waals surface area (Å²) >= 11 is 0. The van der Waals surface area contributed by atoms with E-state index in [1.165, 1.54) is 18.7 Å². The van der Waals surface area contributed by atoms with Crippen molar-refractivity contribution in [1.82, 2.24) is 20.1 Å². The fourth-order valence-electron chi connectivity index (χ4n) is 4.95. The molecule has 2 aliphatic carbocycles. The lowest BCUT2D eigenvalue weighted by molar-refractivity contribution is -0.126. The number of amides is 1. The molecule has 2 aromatic heterocycles. The monoisotopic (exact) mass is 548 g/mol. The van der Waals surface area contributed by atoms with Gasteiger partial charge < -0.3 is 10.2 Å². The molecule has 3 fully saturated rings. The fourth-order valence-corrected chi connectivity index (χ4v) is 6.01. The smallest absolute Gasteiger partial charge is 0.224 e. The van der Waals surface area contributed by atoms with Crippen molar-refractivity contribution in [2.24, 2.45) is 5.92 Å². The third-order valence-electron chi connectivity index (χ3n) is 7.58. The van der Waals surface area contributed by atoms with Crippen LogP contribution in [0.4, 0.5) is 10.1 Å². The van der Waals surface area contributed by atoms with Crippen molar-refractivity contribution < 1.29 is 13.4 Å². The maximum Gasteiger partial charge on any atom is 0.224 e. The minimum absolute atomic E-state index is 0.115. The van der Waals surface area contributed by atoms with E-state index in [1.54, 1.807) is 16.9 Å². The van der Waals surface area contributed by atoms with Gasteiger partial charge in [0.1, 0.15) is 11.4 Å². The minimum Gasteiger partial charge on any atom is -0.370 e. The lowest BCUT2D eigenvalue weighted by Crippen LogP contribution is -2.40. The molecule has 3 aliphatic rings. The van der Waals surface area contributed by atoms with Crippen LogP contribution in [0.2, 0.25) is 0 Å². The predicted octanol–water partition coefficient (Wildman–Crippen LogP) is 4.38. The van der Waals surface area contributed by atoms with Crippen LogP contribution in [0.25, 0.3) is 16.9 Å². The van der Waals surface area contributed by atoms with Crippen LogP contribution in [0, 0.1) is 23.1 Å². The van der Waals surface area contributed by atoms with E-state index in [2.05, 4.69) is 50.6 Å². The normalized spacial score (nSPS) is 18.9. The summed E-state index contributed by atoms with van der Waals surface area (Å²) in [6.07, 6.45) is 12.1. The van der Waals surface area contributed by atoms with Gasteiger partial charge in [-0.2, -0.15) is 10.4 Å². The molecule has 10 heteroatoms. The van der Waals surface area contributed by atoms with E-state index in [4.69, 9.17) is 5.26 Å². The van der Waals surface area contributed by atoms with Crippen LogP contribution in [0.1, 0.15) is 44.9 Å². The third-order valence-corrected chi connectivity index (χ3v) is 8.85. The van der Waals surface area contributed by atoms with Gasteiger partial charge in [0.15, 0.2) is 5.82 Å². The molecule has 2 saturated carbocycles. The molecule has 1 aromatic carbocycles. The molecular weight excluding hydrogens is 515 g/mol. The lowest BCUT2D eigenvalue weighted by atomic mass is 9.88. The lowest BCUT2D eigenvalue weighted by Gasteiger charge is -2.28. The number of anilines is 1. The van der Waals surface area contributed by atoms with Gasteiger partial charge in [0, 0.05) is 58.8 Å². The number of carbonyl (C=O) groups excluding carboxylic acids is 1. The number of nitrogens with zero attached hydrogens (tertiary/aromatic N) is 5. The second-order valence-electron chi connectivity index (χ2n) is 10.4. The highest BCUT2D eigenvalue weighted by atomic mass is 32.2. The highest BCUT2D eigenvalue weighted by Crippen LogP contribution is 2.35. The second kappa shape index (κ2) is 12.1. The topological polar surface area (TPSA) is 104 Å². The van der Waals surface area contributed by atoms with Gasteiger partial charge in [0.2, 0.25) is 5.91 Å². The van der Waals surface area contributed by atoms with Gasteiger partial charge >= 0.3 is 0 Å². The number of nitriles is 1. The maximum absolute atomic E-state index is 13.0. The van der Waals surface area contributed by atoms with E-state index in [9.17, 15) is 13.4 Å². The number of pyridine rings is 1.